The monoisotopic (exact) mass is 518 g/mol. The van der Waals surface area contributed by atoms with Crippen LogP contribution < -0.4 is 10.6 Å². The van der Waals surface area contributed by atoms with Crippen LogP contribution >= 0.6 is 24.0 Å². The molecule has 0 radical (unpaired) electrons. The average molecular weight is 518 g/mol. The molecule has 1 fully saturated rings. The van der Waals surface area contributed by atoms with Gasteiger partial charge in [-0.05, 0) is 30.9 Å². The van der Waals surface area contributed by atoms with E-state index in [1.807, 2.05) is 13.0 Å². The van der Waals surface area contributed by atoms with Crippen molar-refractivity contribution < 1.29 is 9.47 Å². The maximum absolute atomic E-state index is 5.94. The lowest BCUT2D eigenvalue weighted by molar-refractivity contribution is -0.0284. The molecule has 0 amide bonds. The Bertz CT molecular complexity index is 598. The van der Waals surface area contributed by atoms with Gasteiger partial charge in [-0.2, -0.15) is 0 Å². The summed E-state index contributed by atoms with van der Waals surface area (Å²) in [5, 5.41) is 6.79. The van der Waals surface area contributed by atoms with Crippen molar-refractivity contribution in [2.75, 3.05) is 45.9 Å². The Morgan fingerprint density at radius 1 is 1.24 bits per heavy atom. The van der Waals surface area contributed by atoms with E-state index < -0.39 is 0 Å². The zero-order valence-electron chi connectivity index (χ0n) is 18.4. The summed E-state index contributed by atoms with van der Waals surface area (Å²) >= 11 is 0. The van der Waals surface area contributed by atoms with Gasteiger partial charge in [0.15, 0.2) is 5.96 Å². The zero-order chi connectivity index (χ0) is 20.2. The summed E-state index contributed by atoms with van der Waals surface area (Å²) in [6, 6.07) is 8.34. The van der Waals surface area contributed by atoms with Crippen molar-refractivity contribution >= 4 is 29.9 Å². The van der Waals surface area contributed by atoms with E-state index in [2.05, 4.69) is 54.5 Å². The highest BCUT2D eigenvalue weighted by atomic mass is 127. The molecule has 1 aliphatic heterocycles. The molecule has 7 heteroatoms. The molecule has 0 aromatic heterocycles. The van der Waals surface area contributed by atoms with Crippen LogP contribution in [-0.2, 0) is 22.6 Å². The number of nitrogens with zero attached hydrogens (tertiary/aromatic N) is 2. The van der Waals surface area contributed by atoms with Crippen molar-refractivity contribution in [3.8, 4) is 0 Å². The van der Waals surface area contributed by atoms with Gasteiger partial charge in [0, 0.05) is 39.3 Å². The highest BCUT2D eigenvalue weighted by Crippen LogP contribution is 2.12. The third kappa shape index (κ3) is 10.1. The number of rotatable bonds is 10. The molecule has 1 unspecified atom stereocenters. The second-order valence-corrected chi connectivity index (χ2v) is 7.63. The number of guanidine groups is 1. The molecule has 0 spiro atoms. The van der Waals surface area contributed by atoms with Gasteiger partial charge in [-0.1, -0.05) is 38.1 Å². The summed E-state index contributed by atoms with van der Waals surface area (Å²) in [6.07, 6.45) is 0.196. The Hall–Kier alpha value is -0.900. The van der Waals surface area contributed by atoms with Crippen molar-refractivity contribution in [1.29, 1.82) is 0 Å². The Kier molecular flexibility index (Phi) is 13.5. The topological polar surface area (TPSA) is 58.1 Å². The fourth-order valence-electron chi connectivity index (χ4n) is 3.37. The molecule has 1 aromatic carbocycles. The quantitative estimate of drug-likeness (QED) is 0.283. The fourth-order valence-corrected chi connectivity index (χ4v) is 3.37. The first-order valence-corrected chi connectivity index (χ1v) is 10.6. The fraction of sp³-hybridized carbons (Fsp3) is 0.682. The molecule has 1 atom stereocenters. The highest BCUT2D eigenvalue weighted by Gasteiger charge is 2.21. The van der Waals surface area contributed by atoms with E-state index in [0.29, 0.717) is 19.1 Å². The van der Waals surface area contributed by atoms with E-state index in [0.717, 1.165) is 51.9 Å². The number of halogens is 1. The van der Waals surface area contributed by atoms with Crippen LogP contribution in [0.3, 0.4) is 0 Å². The van der Waals surface area contributed by atoms with Gasteiger partial charge >= 0.3 is 0 Å². The molecule has 166 valence electrons. The molecule has 1 saturated heterocycles. The number of aliphatic imine (C=N–C) groups is 1. The zero-order valence-corrected chi connectivity index (χ0v) is 20.8. The van der Waals surface area contributed by atoms with Crippen LogP contribution in [0.4, 0.5) is 0 Å². The maximum Gasteiger partial charge on any atom is 0.191 e. The molecule has 29 heavy (non-hydrogen) atoms. The first-order valence-electron chi connectivity index (χ1n) is 10.6. The Morgan fingerprint density at radius 3 is 2.69 bits per heavy atom. The second kappa shape index (κ2) is 15.0. The van der Waals surface area contributed by atoms with E-state index in [1.54, 1.807) is 0 Å². The number of ether oxygens (including phenoxy) is 2. The minimum absolute atomic E-state index is 0. The van der Waals surface area contributed by atoms with Crippen LogP contribution in [0.25, 0.3) is 0 Å². The summed E-state index contributed by atoms with van der Waals surface area (Å²) in [4.78, 5) is 7.27. The minimum atomic E-state index is 0. The highest BCUT2D eigenvalue weighted by molar-refractivity contribution is 14.0. The molecule has 2 rings (SSSR count). The lowest BCUT2D eigenvalue weighted by Gasteiger charge is -2.34. The van der Waals surface area contributed by atoms with E-state index in [4.69, 9.17) is 14.5 Å². The van der Waals surface area contributed by atoms with E-state index >= 15 is 0 Å². The predicted octanol–water partition coefficient (Wildman–Crippen LogP) is 3.25. The average Bonchev–Trinajstić information content (AvgIpc) is 2.69. The van der Waals surface area contributed by atoms with Gasteiger partial charge in [-0.3, -0.25) is 4.90 Å². The summed E-state index contributed by atoms with van der Waals surface area (Å²) in [5.74, 6) is 1.51. The SMILES string of the molecule is CCNC(=NCc1ccccc1COCC)NCC1CN(CC(C)C)CCO1.I. The van der Waals surface area contributed by atoms with Gasteiger partial charge < -0.3 is 20.1 Å². The number of nitrogens with one attached hydrogen (secondary N) is 2. The van der Waals surface area contributed by atoms with Crippen molar-refractivity contribution in [3.63, 3.8) is 0 Å². The predicted molar refractivity (Wildman–Crippen MR) is 131 cm³/mol. The van der Waals surface area contributed by atoms with Crippen LogP contribution in [0, 0.1) is 5.92 Å². The van der Waals surface area contributed by atoms with Crippen molar-refractivity contribution in [2.24, 2.45) is 10.9 Å². The first kappa shape index (κ1) is 26.1. The van der Waals surface area contributed by atoms with Crippen LogP contribution in [0.1, 0.15) is 38.8 Å². The molecule has 2 N–H and O–H groups in total. The Labute approximate surface area is 193 Å². The number of hydrogen-bond donors (Lipinski definition) is 2. The van der Waals surface area contributed by atoms with Gasteiger partial charge in [0.25, 0.3) is 0 Å². The normalized spacial score (nSPS) is 17.8. The van der Waals surface area contributed by atoms with Crippen LogP contribution in [0.2, 0.25) is 0 Å². The molecule has 0 aliphatic carbocycles. The van der Waals surface area contributed by atoms with Crippen molar-refractivity contribution in [2.45, 2.75) is 47.0 Å². The summed E-state index contributed by atoms with van der Waals surface area (Å²) < 4.78 is 11.5. The van der Waals surface area contributed by atoms with Gasteiger partial charge in [0.2, 0.25) is 0 Å². The van der Waals surface area contributed by atoms with E-state index in [9.17, 15) is 0 Å². The molecule has 1 aliphatic rings. The van der Waals surface area contributed by atoms with E-state index in [1.165, 1.54) is 11.1 Å². The van der Waals surface area contributed by atoms with Gasteiger partial charge in [-0.15, -0.1) is 24.0 Å². The molecular formula is C22H39IN4O2. The second-order valence-electron chi connectivity index (χ2n) is 7.63. The smallest absolute Gasteiger partial charge is 0.191 e. The molecule has 6 nitrogen and oxygen atoms in total. The molecule has 1 aromatic rings. The molecule has 0 saturated carbocycles. The van der Waals surface area contributed by atoms with E-state index in [-0.39, 0.29) is 30.1 Å². The molecule has 0 bridgehead atoms. The van der Waals surface area contributed by atoms with Gasteiger partial charge in [-0.25, -0.2) is 4.99 Å². The van der Waals surface area contributed by atoms with Gasteiger partial charge in [0.05, 0.1) is 25.9 Å². The van der Waals surface area contributed by atoms with Crippen molar-refractivity contribution in [3.05, 3.63) is 35.4 Å². The standard InChI is InChI=1S/C22H38N4O2.HI/c1-5-23-22(24-13-19-9-7-8-10-20(19)17-27-6-2)25-14-21-16-26(11-12-28-21)15-18(3)4;/h7-10,18,21H,5-6,11-17H2,1-4H3,(H2,23,24,25);1H. The summed E-state index contributed by atoms with van der Waals surface area (Å²) in [6.45, 7) is 16.1. The molecular weight excluding hydrogens is 479 g/mol. The first-order chi connectivity index (χ1) is 13.6. The third-order valence-corrected chi connectivity index (χ3v) is 4.68. The Morgan fingerprint density at radius 2 is 2.00 bits per heavy atom. The Balaban J connectivity index is 0.00000420. The third-order valence-electron chi connectivity index (χ3n) is 4.68. The largest absolute Gasteiger partial charge is 0.377 e. The van der Waals surface area contributed by atoms with Crippen LogP contribution in [0.15, 0.2) is 29.3 Å². The van der Waals surface area contributed by atoms with Crippen molar-refractivity contribution in [1.82, 2.24) is 15.5 Å². The van der Waals surface area contributed by atoms with Crippen LogP contribution in [-0.4, -0.2) is 62.9 Å². The lowest BCUT2D eigenvalue weighted by Crippen LogP contribution is -2.50. The lowest BCUT2D eigenvalue weighted by atomic mass is 10.1. The maximum atomic E-state index is 5.94. The summed E-state index contributed by atoms with van der Waals surface area (Å²) in [7, 11) is 0. The van der Waals surface area contributed by atoms with Crippen LogP contribution in [0.5, 0.6) is 0 Å². The number of benzene rings is 1. The number of morpholine rings is 1. The van der Waals surface area contributed by atoms with Gasteiger partial charge in [0.1, 0.15) is 0 Å². The number of hydrogen-bond acceptors (Lipinski definition) is 4. The molecule has 1 heterocycles. The minimum Gasteiger partial charge on any atom is -0.377 e. The summed E-state index contributed by atoms with van der Waals surface area (Å²) in [5.41, 5.74) is 2.40.